The van der Waals surface area contributed by atoms with Gasteiger partial charge < -0.3 is 10.1 Å². The minimum Gasteiger partial charge on any atom is -0.491 e. The van der Waals surface area contributed by atoms with Crippen LogP contribution in [0.15, 0.2) is 12.1 Å². The molecule has 2 atom stereocenters. The Bertz CT molecular complexity index is 414. The maximum atomic E-state index is 13.4. The summed E-state index contributed by atoms with van der Waals surface area (Å²) >= 11 is 5.96. The van der Waals surface area contributed by atoms with Crippen molar-refractivity contribution in [3.63, 3.8) is 0 Å². The number of hydrogen-bond donors (Lipinski definition) is 1. The molecule has 0 aromatic heterocycles. The molecule has 5 heteroatoms. The predicted molar refractivity (Wildman–Crippen MR) is 63.1 cm³/mol. The second-order valence-corrected chi connectivity index (χ2v) is 4.43. The number of halogens is 3. The molecule has 2 nitrogen and oxygen atoms in total. The van der Waals surface area contributed by atoms with Gasteiger partial charge >= 0.3 is 0 Å². The Morgan fingerprint density at radius 1 is 1.53 bits per heavy atom. The molecule has 0 radical (unpaired) electrons. The Balaban J connectivity index is 2.29. The van der Waals surface area contributed by atoms with Crippen LogP contribution in [0.25, 0.3) is 0 Å². The lowest BCUT2D eigenvalue weighted by Gasteiger charge is -2.12. The van der Waals surface area contributed by atoms with Crippen LogP contribution in [0.3, 0.4) is 0 Å². The van der Waals surface area contributed by atoms with Gasteiger partial charge in [0.1, 0.15) is 24.8 Å². The number of likely N-dealkylation sites (N-methyl/N-ethyl adjacent to an activating group) is 1. The number of benzene rings is 1. The molecule has 1 saturated carbocycles. The van der Waals surface area contributed by atoms with E-state index in [1.165, 1.54) is 12.1 Å². The van der Waals surface area contributed by atoms with Crippen molar-refractivity contribution in [3.05, 3.63) is 28.5 Å². The van der Waals surface area contributed by atoms with Crippen molar-refractivity contribution in [3.8, 4) is 5.75 Å². The molecule has 0 bridgehead atoms. The van der Waals surface area contributed by atoms with E-state index in [-0.39, 0.29) is 17.5 Å². The summed E-state index contributed by atoms with van der Waals surface area (Å²) in [6.45, 7) is -0.611. The third-order valence-corrected chi connectivity index (χ3v) is 3.34. The summed E-state index contributed by atoms with van der Waals surface area (Å²) in [5, 5.41) is 3.19. The summed E-state index contributed by atoms with van der Waals surface area (Å²) in [5.41, 5.74) is 0.652. The van der Waals surface area contributed by atoms with Crippen molar-refractivity contribution >= 4 is 11.6 Å². The van der Waals surface area contributed by atoms with Crippen LogP contribution in [0.2, 0.25) is 5.02 Å². The monoisotopic (exact) mass is 261 g/mol. The molecule has 0 aliphatic heterocycles. The highest BCUT2D eigenvalue weighted by atomic mass is 35.5. The molecule has 0 spiro atoms. The fourth-order valence-corrected chi connectivity index (χ4v) is 2.30. The van der Waals surface area contributed by atoms with Crippen molar-refractivity contribution in [1.29, 1.82) is 0 Å². The largest absolute Gasteiger partial charge is 0.491 e. The average Bonchev–Trinajstić information content (AvgIpc) is 3.09. The molecule has 1 N–H and O–H groups in total. The van der Waals surface area contributed by atoms with E-state index in [1.807, 2.05) is 7.05 Å². The lowest BCUT2D eigenvalue weighted by molar-refractivity contribution is 0.270. The summed E-state index contributed by atoms with van der Waals surface area (Å²) in [5.74, 6) is 0.172. The van der Waals surface area contributed by atoms with Gasteiger partial charge in [-0.15, -0.1) is 0 Å². The molecule has 2 unspecified atom stereocenters. The first-order valence-corrected chi connectivity index (χ1v) is 5.90. The highest BCUT2D eigenvalue weighted by molar-refractivity contribution is 6.31. The molecule has 1 aromatic carbocycles. The van der Waals surface area contributed by atoms with Gasteiger partial charge in [-0.3, -0.25) is 0 Å². The number of nitrogens with one attached hydrogen (secondary N) is 1. The van der Waals surface area contributed by atoms with E-state index >= 15 is 0 Å². The molecule has 1 aromatic rings. The summed E-state index contributed by atoms with van der Waals surface area (Å²) in [4.78, 5) is 0. The van der Waals surface area contributed by atoms with Crippen molar-refractivity contribution < 1.29 is 13.5 Å². The standard InChI is InChI=1S/C12H14ClF2NO/c1-16-9-6-7(9)11-10(17-5-4-14)3-2-8(15)12(11)13/h2-3,7,9,16H,4-6H2,1H3. The van der Waals surface area contributed by atoms with Crippen LogP contribution in [0.5, 0.6) is 5.75 Å². The zero-order valence-electron chi connectivity index (χ0n) is 9.47. The zero-order chi connectivity index (χ0) is 12.4. The molecule has 2 rings (SSSR count). The number of rotatable bonds is 5. The van der Waals surface area contributed by atoms with E-state index in [1.54, 1.807) is 0 Å². The zero-order valence-corrected chi connectivity index (χ0v) is 10.2. The third-order valence-electron chi connectivity index (χ3n) is 2.96. The first kappa shape index (κ1) is 12.6. The first-order chi connectivity index (χ1) is 8.19. The minimum atomic E-state index is -0.575. The van der Waals surface area contributed by atoms with E-state index in [4.69, 9.17) is 16.3 Å². The highest BCUT2D eigenvalue weighted by Crippen LogP contribution is 2.48. The summed E-state index contributed by atoms with van der Waals surface area (Å²) in [7, 11) is 1.85. The first-order valence-electron chi connectivity index (χ1n) is 5.53. The quantitative estimate of drug-likeness (QED) is 0.880. The Labute approximate surface area is 104 Å². The van der Waals surface area contributed by atoms with Gasteiger partial charge in [0.05, 0.1) is 5.02 Å². The van der Waals surface area contributed by atoms with Gasteiger partial charge in [0.2, 0.25) is 0 Å². The van der Waals surface area contributed by atoms with Crippen LogP contribution in [0.1, 0.15) is 17.9 Å². The topological polar surface area (TPSA) is 21.3 Å². The third kappa shape index (κ3) is 2.53. The number of hydrogen-bond acceptors (Lipinski definition) is 2. The van der Waals surface area contributed by atoms with Crippen molar-refractivity contribution in [2.24, 2.45) is 0 Å². The van der Waals surface area contributed by atoms with Crippen molar-refractivity contribution in [2.75, 3.05) is 20.3 Å². The molecule has 1 fully saturated rings. The van der Waals surface area contributed by atoms with Crippen molar-refractivity contribution in [1.82, 2.24) is 5.32 Å². The molecular formula is C12H14ClF2NO. The molecule has 1 aliphatic rings. The van der Waals surface area contributed by atoms with E-state index in [9.17, 15) is 8.78 Å². The van der Waals surface area contributed by atoms with Gasteiger partial charge in [-0.2, -0.15) is 0 Å². The van der Waals surface area contributed by atoms with Crippen molar-refractivity contribution in [2.45, 2.75) is 18.4 Å². The van der Waals surface area contributed by atoms with Gasteiger partial charge in [0, 0.05) is 17.5 Å². The van der Waals surface area contributed by atoms with Crippen LogP contribution in [0.4, 0.5) is 8.78 Å². The molecule has 17 heavy (non-hydrogen) atoms. The minimum absolute atomic E-state index is 0.0358. The van der Waals surface area contributed by atoms with E-state index in [0.29, 0.717) is 17.4 Å². The van der Waals surface area contributed by atoms with Gasteiger partial charge in [-0.05, 0) is 25.6 Å². The van der Waals surface area contributed by atoms with Gasteiger partial charge in [0.15, 0.2) is 0 Å². The average molecular weight is 262 g/mol. The number of alkyl halides is 1. The van der Waals surface area contributed by atoms with Crippen LogP contribution < -0.4 is 10.1 Å². The van der Waals surface area contributed by atoms with Gasteiger partial charge in [0.25, 0.3) is 0 Å². The van der Waals surface area contributed by atoms with Crippen LogP contribution in [0, 0.1) is 5.82 Å². The second kappa shape index (κ2) is 5.19. The smallest absolute Gasteiger partial charge is 0.142 e. The fraction of sp³-hybridized carbons (Fsp3) is 0.500. The molecule has 1 aliphatic carbocycles. The lowest BCUT2D eigenvalue weighted by Crippen LogP contribution is -2.11. The fourth-order valence-electron chi connectivity index (χ4n) is 2.00. The van der Waals surface area contributed by atoms with Crippen LogP contribution >= 0.6 is 11.6 Å². The second-order valence-electron chi connectivity index (χ2n) is 4.05. The SMILES string of the molecule is CNC1CC1c1c(OCCF)ccc(F)c1Cl. The normalized spacial score (nSPS) is 22.6. The molecule has 94 valence electrons. The Morgan fingerprint density at radius 3 is 2.88 bits per heavy atom. The summed E-state index contributed by atoms with van der Waals surface area (Å²) in [6.07, 6.45) is 0.895. The summed E-state index contributed by atoms with van der Waals surface area (Å²) in [6, 6.07) is 3.05. The Kier molecular flexibility index (Phi) is 3.84. The Morgan fingerprint density at radius 2 is 2.29 bits per heavy atom. The molecule has 0 heterocycles. The molecule has 0 saturated heterocycles. The van der Waals surface area contributed by atoms with E-state index < -0.39 is 12.5 Å². The molecule has 0 amide bonds. The Hall–Kier alpha value is -0.870. The summed E-state index contributed by atoms with van der Waals surface area (Å²) < 4.78 is 30.8. The maximum absolute atomic E-state index is 13.4. The lowest BCUT2D eigenvalue weighted by atomic mass is 10.1. The van der Waals surface area contributed by atoms with Gasteiger partial charge in [-0.25, -0.2) is 8.78 Å². The van der Waals surface area contributed by atoms with E-state index in [2.05, 4.69) is 5.32 Å². The number of ether oxygens (including phenoxy) is 1. The maximum Gasteiger partial charge on any atom is 0.142 e. The highest BCUT2D eigenvalue weighted by Gasteiger charge is 2.41. The van der Waals surface area contributed by atoms with Crippen LogP contribution in [-0.2, 0) is 0 Å². The molecular weight excluding hydrogens is 248 g/mol. The van der Waals surface area contributed by atoms with Gasteiger partial charge in [-0.1, -0.05) is 11.6 Å². The van der Waals surface area contributed by atoms with Crippen LogP contribution in [-0.4, -0.2) is 26.4 Å². The van der Waals surface area contributed by atoms with E-state index in [0.717, 1.165) is 6.42 Å². The predicted octanol–water partition coefficient (Wildman–Crippen LogP) is 2.90.